The number of amides is 2. The number of carbonyl (C=O) groups excluding carboxylic acids is 2. The molecule has 10 heteroatoms. The van der Waals surface area contributed by atoms with E-state index in [0.29, 0.717) is 10.9 Å². The molecule has 138 valence electrons. The quantitative estimate of drug-likeness (QED) is 0.775. The van der Waals surface area contributed by atoms with Crippen molar-refractivity contribution in [1.29, 1.82) is 0 Å². The van der Waals surface area contributed by atoms with E-state index in [-0.39, 0.29) is 41.9 Å². The van der Waals surface area contributed by atoms with Gasteiger partial charge >= 0.3 is 0 Å². The Kier molecular flexibility index (Phi) is 5.61. The normalized spacial score (nSPS) is 15.5. The van der Waals surface area contributed by atoms with E-state index >= 15 is 0 Å². The van der Waals surface area contributed by atoms with Crippen LogP contribution in [0.2, 0.25) is 4.34 Å². The molecule has 0 bridgehead atoms. The van der Waals surface area contributed by atoms with Crippen LogP contribution >= 0.6 is 22.9 Å². The van der Waals surface area contributed by atoms with E-state index in [4.69, 9.17) is 11.6 Å². The molecule has 1 aliphatic rings. The number of halogens is 1. The second-order valence-electron chi connectivity index (χ2n) is 5.60. The molecule has 2 amide bonds. The van der Waals surface area contributed by atoms with Crippen LogP contribution in [0.1, 0.15) is 15.2 Å². The zero-order valence-corrected chi connectivity index (χ0v) is 16.0. The second kappa shape index (κ2) is 7.75. The molecule has 1 aromatic heterocycles. The maximum absolute atomic E-state index is 12.7. The summed E-state index contributed by atoms with van der Waals surface area (Å²) in [5.74, 6) is -0.730. The number of piperazine rings is 1. The molecule has 0 spiro atoms. The minimum atomic E-state index is -3.84. The Morgan fingerprint density at radius 2 is 2.12 bits per heavy atom. The highest BCUT2D eigenvalue weighted by Crippen LogP contribution is 2.21. The van der Waals surface area contributed by atoms with Gasteiger partial charge in [-0.1, -0.05) is 17.7 Å². The molecule has 1 aliphatic heterocycles. The third kappa shape index (κ3) is 4.24. The lowest BCUT2D eigenvalue weighted by Gasteiger charge is -2.26. The van der Waals surface area contributed by atoms with Gasteiger partial charge in [0.2, 0.25) is 15.9 Å². The fraction of sp³-hybridized carbons (Fsp3) is 0.250. The summed E-state index contributed by atoms with van der Waals surface area (Å²) in [4.78, 5) is 24.7. The molecule has 3 rings (SSSR count). The van der Waals surface area contributed by atoms with Crippen molar-refractivity contribution in [2.75, 3.05) is 19.6 Å². The zero-order valence-electron chi connectivity index (χ0n) is 13.6. The number of nitrogens with zero attached hydrogens (tertiary/aromatic N) is 1. The van der Waals surface area contributed by atoms with Gasteiger partial charge < -0.3 is 10.6 Å². The van der Waals surface area contributed by atoms with E-state index in [1.165, 1.54) is 29.5 Å². The summed E-state index contributed by atoms with van der Waals surface area (Å²) in [6, 6.07) is 9.34. The second-order valence-corrected chi connectivity index (χ2v) is 9.34. The van der Waals surface area contributed by atoms with Crippen molar-refractivity contribution < 1.29 is 18.0 Å². The lowest BCUT2D eigenvalue weighted by molar-refractivity contribution is -0.122. The summed E-state index contributed by atoms with van der Waals surface area (Å²) in [7, 11) is -3.84. The van der Waals surface area contributed by atoms with Gasteiger partial charge in [0.25, 0.3) is 5.91 Å². The van der Waals surface area contributed by atoms with Crippen LogP contribution in [0.3, 0.4) is 0 Å². The van der Waals surface area contributed by atoms with Gasteiger partial charge in [0.15, 0.2) is 0 Å². The zero-order chi connectivity index (χ0) is 18.7. The molecule has 1 saturated heterocycles. The predicted molar refractivity (Wildman–Crippen MR) is 98.7 cm³/mol. The molecule has 0 unspecified atom stereocenters. The summed E-state index contributed by atoms with van der Waals surface area (Å²) in [5.41, 5.74) is 0.232. The number of thiophene rings is 1. The van der Waals surface area contributed by atoms with Gasteiger partial charge in [0.05, 0.1) is 22.3 Å². The molecule has 0 radical (unpaired) electrons. The number of benzene rings is 1. The van der Waals surface area contributed by atoms with Gasteiger partial charge in [-0.15, -0.1) is 11.3 Å². The van der Waals surface area contributed by atoms with Gasteiger partial charge in [-0.2, -0.15) is 4.31 Å². The monoisotopic (exact) mass is 413 g/mol. The van der Waals surface area contributed by atoms with Crippen LogP contribution in [-0.4, -0.2) is 44.2 Å². The van der Waals surface area contributed by atoms with Crippen LogP contribution in [0.4, 0.5) is 0 Å². The van der Waals surface area contributed by atoms with E-state index in [9.17, 15) is 18.0 Å². The first-order valence-electron chi connectivity index (χ1n) is 7.75. The number of hydrogen-bond donors (Lipinski definition) is 2. The smallest absolute Gasteiger partial charge is 0.251 e. The molecule has 0 aliphatic carbocycles. The number of hydrogen-bond acceptors (Lipinski definition) is 5. The van der Waals surface area contributed by atoms with Crippen LogP contribution < -0.4 is 10.6 Å². The van der Waals surface area contributed by atoms with E-state index in [0.717, 1.165) is 9.18 Å². The molecule has 0 atom stereocenters. The highest BCUT2D eigenvalue weighted by atomic mass is 35.5. The summed E-state index contributed by atoms with van der Waals surface area (Å²) in [6.45, 7) is 0.544. The van der Waals surface area contributed by atoms with Crippen molar-refractivity contribution in [2.45, 2.75) is 11.4 Å². The molecule has 7 nitrogen and oxygen atoms in total. The molecule has 2 aromatic rings. The maximum atomic E-state index is 12.7. The molecule has 0 saturated carbocycles. The average Bonchev–Trinajstić information content (AvgIpc) is 3.05. The van der Waals surface area contributed by atoms with Crippen molar-refractivity contribution in [2.24, 2.45) is 0 Å². The van der Waals surface area contributed by atoms with E-state index < -0.39 is 10.0 Å². The third-order valence-electron chi connectivity index (χ3n) is 3.79. The van der Waals surface area contributed by atoms with Crippen LogP contribution in [0.15, 0.2) is 41.3 Å². The highest BCUT2D eigenvalue weighted by molar-refractivity contribution is 7.89. The first-order chi connectivity index (χ1) is 12.4. The summed E-state index contributed by atoms with van der Waals surface area (Å²) in [6.07, 6.45) is 0. The molecule has 26 heavy (non-hydrogen) atoms. The van der Waals surface area contributed by atoms with Crippen LogP contribution in [0.25, 0.3) is 0 Å². The Hall–Kier alpha value is -1.94. The Labute approximate surface area is 160 Å². The third-order valence-corrected chi connectivity index (χ3v) is 6.86. The Balaban J connectivity index is 1.74. The van der Waals surface area contributed by atoms with Crippen molar-refractivity contribution in [1.82, 2.24) is 14.9 Å². The molecular weight excluding hydrogens is 398 g/mol. The Bertz CT molecular complexity index is 942. The largest absolute Gasteiger partial charge is 0.354 e. The van der Waals surface area contributed by atoms with Crippen molar-refractivity contribution in [3.8, 4) is 0 Å². The SMILES string of the molecule is O=C1CN(S(=O)(=O)c2cccc(C(=O)NCc3ccc(Cl)s3)c2)CCN1. The summed E-state index contributed by atoms with van der Waals surface area (Å²) in [5, 5.41) is 5.32. The van der Waals surface area contributed by atoms with Crippen LogP contribution in [0.5, 0.6) is 0 Å². The van der Waals surface area contributed by atoms with Gasteiger partial charge in [-0.25, -0.2) is 8.42 Å². The van der Waals surface area contributed by atoms with E-state index in [1.54, 1.807) is 12.1 Å². The first-order valence-corrected chi connectivity index (χ1v) is 10.4. The summed E-state index contributed by atoms with van der Waals surface area (Å²) >= 11 is 7.22. The van der Waals surface area contributed by atoms with Crippen molar-refractivity contribution in [3.05, 3.63) is 51.2 Å². The average molecular weight is 414 g/mol. The van der Waals surface area contributed by atoms with Crippen LogP contribution in [0, 0.1) is 0 Å². The number of nitrogens with one attached hydrogen (secondary N) is 2. The molecule has 2 N–H and O–H groups in total. The minimum Gasteiger partial charge on any atom is -0.354 e. The predicted octanol–water partition coefficient (Wildman–Crippen LogP) is 1.45. The fourth-order valence-corrected chi connectivity index (χ4v) is 4.95. The van der Waals surface area contributed by atoms with Crippen molar-refractivity contribution in [3.63, 3.8) is 0 Å². The van der Waals surface area contributed by atoms with Crippen LogP contribution in [-0.2, 0) is 21.4 Å². The fourth-order valence-electron chi connectivity index (χ4n) is 2.48. The van der Waals surface area contributed by atoms with E-state index in [2.05, 4.69) is 10.6 Å². The Morgan fingerprint density at radius 1 is 1.31 bits per heavy atom. The standard InChI is InChI=1S/C16H16ClN3O4S2/c17-14-5-4-12(25-14)9-19-16(22)11-2-1-3-13(8-11)26(23,24)20-7-6-18-15(21)10-20/h1-5,8H,6-7,9-10H2,(H,18,21)(H,19,22). The molecule has 1 aromatic carbocycles. The first kappa shape index (κ1) is 18.8. The molecular formula is C16H16ClN3O4S2. The van der Waals surface area contributed by atoms with Crippen molar-refractivity contribution >= 4 is 44.8 Å². The Morgan fingerprint density at radius 3 is 2.81 bits per heavy atom. The topological polar surface area (TPSA) is 95.6 Å². The molecule has 1 fully saturated rings. The highest BCUT2D eigenvalue weighted by Gasteiger charge is 2.29. The lowest BCUT2D eigenvalue weighted by Crippen LogP contribution is -2.49. The number of rotatable bonds is 5. The van der Waals surface area contributed by atoms with Gasteiger partial charge in [-0.3, -0.25) is 9.59 Å². The van der Waals surface area contributed by atoms with E-state index in [1.807, 2.05) is 6.07 Å². The van der Waals surface area contributed by atoms with Gasteiger partial charge in [0.1, 0.15) is 0 Å². The number of carbonyl (C=O) groups is 2. The lowest BCUT2D eigenvalue weighted by atomic mass is 10.2. The summed E-state index contributed by atoms with van der Waals surface area (Å²) < 4.78 is 27.1. The number of sulfonamides is 1. The van der Waals surface area contributed by atoms with Gasteiger partial charge in [0, 0.05) is 23.5 Å². The maximum Gasteiger partial charge on any atom is 0.251 e. The minimum absolute atomic E-state index is 0.0148. The van der Waals surface area contributed by atoms with Gasteiger partial charge in [-0.05, 0) is 30.3 Å². The molecule has 2 heterocycles.